The molecule has 0 radical (unpaired) electrons. The molecule has 142 valence electrons. The Labute approximate surface area is 160 Å². The van der Waals surface area contributed by atoms with E-state index in [1.54, 1.807) is 10.9 Å². The molecular weight excluding hydrogens is 363 g/mol. The summed E-state index contributed by atoms with van der Waals surface area (Å²) in [6.45, 7) is 0.108. The van der Waals surface area contributed by atoms with Crippen molar-refractivity contribution < 1.29 is 18.7 Å². The Balaban J connectivity index is 1.44. The minimum absolute atomic E-state index is 0.407. The highest BCUT2D eigenvalue weighted by molar-refractivity contribution is 5.94. The van der Waals surface area contributed by atoms with E-state index in [4.69, 9.17) is 4.74 Å². The summed E-state index contributed by atoms with van der Waals surface area (Å²) in [6, 6.07) is 15.0. The van der Waals surface area contributed by atoms with E-state index in [2.05, 4.69) is 15.6 Å². The summed E-state index contributed by atoms with van der Waals surface area (Å²) in [5.41, 5.74) is 1.98. The molecule has 0 aliphatic carbocycles. The van der Waals surface area contributed by atoms with Crippen molar-refractivity contribution in [2.24, 2.45) is 0 Å². The molecule has 0 spiro atoms. The zero-order valence-electron chi connectivity index (χ0n) is 14.8. The Morgan fingerprint density at radius 3 is 2.61 bits per heavy atom. The van der Waals surface area contributed by atoms with Gasteiger partial charge >= 0.3 is 5.97 Å². The summed E-state index contributed by atoms with van der Waals surface area (Å²) in [5, 5.41) is 10.4. The lowest BCUT2D eigenvalue weighted by atomic mass is 10.2. The van der Waals surface area contributed by atoms with Gasteiger partial charge in [-0.2, -0.15) is 0 Å². The van der Waals surface area contributed by atoms with Crippen LogP contribution in [0.5, 0.6) is 0 Å². The quantitative estimate of drug-likeness (QED) is 0.503. The van der Waals surface area contributed by atoms with Crippen molar-refractivity contribution in [3.05, 3.63) is 83.9 Å². The molecule has 7 nitrogen and oxygen atoms in total. The normalized spacial score (nSPS) is 10.8. The smallest absolute Gasteiger partial charge is 0.331 e. The van der Waals surface area contributed by atoms with E-state index in [0.29, 0.717) is 17.9 Å². The molecule has 0 atom stereocenters. The number of carbonyl (C=O) groups is 2. The molecule has 0 aliphatic heterocycles. The minimum atomic E-state index is -0.688. The highest BCUT2D eigenvalue weighted by atomic mass is 19.1. The zero-order valence-corrected chi connectivity index (χ0v) is 14.8. The summed E-state index contributed by atoms with van der Waals surface area (Å²) in [4.78, 5) is 23.4. The molecule has 1 amide bonds. The number of halogens is 1. The molecular formula is C20H17FN4O3. The minimum Gasteiger partial charge on any atom is -0.452 e. The third-order valence-electron chi connectivity index (χ3n) is 3.61. The molecule has 0 bridgehead atoms. The number of amides is 1. The largest absolute Gasteiger partial charge is 0.452 e. The van der Waals surface area contributed by atoms with Crippen molar-refractivity contribution in [1.29, 1.82) is 0 Å². The lowest BCUT2D eigenvalue weighted by molar-refractivity contribution is -0.142. The van der Waals surface area contributed by atoms with E-state index in [0.717, 1.165) is 5.56 Å². The number of nitrogens with zero attached hydrogens (tertiary/aromatic N) is 3. The van der Waals surface area contributed by atoms with Gasteiger partial charge in [-0.3, -0.25) is 4.79 Å². The van der Waals surface area contributed by atoms with Crippen LogP contribution >= 0.6 is 0 Å². The molecule has 1 N–H and O–H groups in total. The SMILES string of the molecule is O=C(COC(=O)/C=C/c1cn(Cc2ccccc2)nn1)Nc1ccc(F)cc1. The number of benzene rings is 2. The van der Waals surface area contributed by atoms with E-state index in [9.17, 15) is 14.0 Å². The Morgan fingerprint density at radius 2 is 1.86 bits per heavy atom. The standard InChI is InChI=1S/C20H17FN4O3/c21-16-6-8-17(9-7-16)22-19(26)14-28-20(27)11-10-18-13-25(24-23-18)12-15-4-2-1-3-5-15/h1-11,13H,12,14H2,(H,22,26)/b11-10+. The van der Waals surface area contributed by atoms with Crippen LogP contribution < -0.4 is 5.32 Å². The van der Waals surface area contributed by atoms with Crippen LogP contribution in [0, 0.1) is 5.82 Å². The first-order chi connectivity index (χ1) is 13.6. The summed E-state index contributed by atoms with van der Waals surface area (Å²) >= 11 is 0. The van der Waals surface area contributed by atoms with E-state index in [1.165, 1.54) is 36.4 Å². The van der Waals surface area contributed by atoms with E-state index >= 15 is 0 Å². The molecule has 3 aromatic rings. The Kier molecular flexibility index (Phi) is 6.25. The molecule has 1 heterocycles. The van der Waals surface area contributed by atoms with Crippen LogP contribution in [0.2, 0.25) is 0 Å². The second-order valence-electron chi connectivity index (χ2n) is 5.82. The van der Waals surface area contributed by atoms with Gasteiger partial charge in [0.25, 0.3) is 5.91 Å². The maximum atomic E-state index is 12.8. The fraction of sp³-hybridized carbons (Fsp3) is 0.100. The van der Waals surface area contributed by atoms with Crippen LogP contribution in [0.1, 0.15) is 11.3 Å². The van der Waals surface area contributed by atoms with Gasteiger partial charge in [-0.05, 0) is 35.9 Å². The third-order valence-corrected chi connectivity index (χ3v) is 3.61. The van der Waals surface area contributed by atoms with E-state index in [-0.39, 0.29) is 0 Å². The molecule has 3 rings (SSSR count). The average molecular weight is 380 g/mol. The molecule has 1 aromatic heterocycles. The molecule has 0 saturated carbocycles. The highest BCUT2D eigenvalue weighted by Crippen LogP contribution is 2.08. The van der Waals surface area contributed by atoms with Crippen molar-refractivity contribution >= 4 is 23.6 Å². The van der Waals surface area contributed by atoms with Crippen LogP contribution in [-0.2, 0) is 20.9 Å². The van der Waals surface area contributed by atoms with Crippen LogP contribution in [0.15, 0.2) is 66.9 Å². The van der Waals surface area contributed by atoms with Gasteiger partial charge in [0.1, 0.15) is 11.5 Å². The van der Waals surface area contributed by atoms with Crippen LogP contribution in [-0.4, -0.2) is 33.5 Å². The van der Waals surface area contributed by atoms with Gasteiger partial charge in [0, 0.05) is 11.8 Å². The molecule has 0 saturated heterocycles. The average Bonchev–Trinajstić information content (AvgIpc) is 3.15. The number of rotatable bonds is 7. The van der Waals surface area contributed by atoms with Gasteiger partial charge in [0.05, 0.1) is 12.7 Å². The van der Waals surface area contributed by atoms with E-state index in [1.807, 2.05) is 30.3 Å². The van der Waals surface area contributed by atoms with Gasteiger partial charge in [-0.25, -0.2) is 13.9 Å². The van der Waals surface area contributed by atoms with Crippen molar-refractivity contribution in [2.75, 3.05) is 11.9 Å². The van der Waals surface area contributed by atoms with Crippen molar-refractivity contribution in [2.45, 2.75) is 6.54 Å². The van der Waals surface area contributed by atoms with E-state index < -0.39 is 24.3 Å². The number of carbonyl (C=O) groups excluding carboxylic acids is 2. The van der Waals surface area contributed by atoms with Crippen molar-refractivity contribution in [3.63, 3.8) is 0 Å². The second-order valence-corrected chi connectivity index (χ2v) is 5.82. The number of esters is 1. The van der Waals surface area contributed by atoms with Gasteiger partial charge < -0.3 is 10.1 Å². The number of nitrogens with one attached hydrogen (secondary N) is 1. The summed E-state index contributed by atoms with van der Waals surface area (Å²) < 4.78 is 19.3. The molecule has 0 aliphatic rings. The Hall–Kier alpha value is -3.81. The predicted molar refractivity (Wildman–Crippen MR) is 101 cm³/mol. The number of aromatic nitrogens is 3. The van der Waals surface area contributed by atoms with Crippen molar-refractivity contribution in [3.8, 4) is 0 Å². The van der Waals surface area contributed by atoms with Gasteiger partial charge in [0.15, 0.2) is 6.61 Å². The first-order valence-corrected chi connectivity index (χ1v) is 8.43. The van der Waals surface area contributed by atoms with Crippen molar-refractivity contribution in [1.82, 2.24) is 15.0 Å². The van der Waals surface area contributed by atoms with Crippen LogP contribution in [0.4, 0.5) is 10.1 Å². The lowest BCUT2D eigenvalue weighted by Crippen LogP contribution is -2.20. The maximum absolute atomic E-state index is 12.8. The fourth-order valence-corrected chi connectivity index (χ4v) is 2.31. The Morgan fingerprint density at radius 1 is 1.11 bits per heavy atom. The molecule has 8 heteroatoms. The van der Waals surface area contributed by atoms with Crippen LogP contribution in [0.3, 0.4) is 0 Å². The monoisotopic (exact) mass is 380 g/mol. The number of hydrogen-bond donors (Lipinski definition) is 1. The number of anilines is 1. The summed E-state index contributed by atoms with van der Waals surface area (Å²) in [7, 11) is 0. The second kappa shape index (κ2) is 9.22. The van der Waals surface area contributed by atoms with Crippen LogP contribution in [0.25, 0.3) is 6.08 Å². The number of ether oxygens (including phenoxy) is 1. The van der Waals surface area contributed by atoms with Gasteiger partial charge in [0.2, 0.25) is 0 Å². The summed E-state index contributed by atoms with van der Waals surface area (Å²) in [5.74, 6) is -1.62. The first kappa shape index (κ1) is 19.0. The predicted octanol–water partition coefficient (Wildman–Crippen LogP) is 2.66. The van der Waals surface area contributed by atoms with Gasteiger partial charge in [-0.1, -0.05) is 35.5 Å². The van der Waals surface area contributed by atoms with Gasteiger partial charge in [-0.15, -0.1) is 5.10 Å². The molecule has 2 aromatic carbocycles. The molecule has 28 heavy (non-hydrogen) atoms. The number of hydrogen-bond acceptors (Lipinski definition) is 5. The highest BCUT2D eigenvalue weighted by Gasteiger charge is 2.06. The molecule has 0 unspecified atom stereocenters. The maximum Gasteiger partial charge on any atom is 0.331 e. The third kappa shape index (κ3) is 5.87. The fourth-order valence-electron chi connectivity index (χ4n) is 2.31. The zero-order chi connectivity index (χ0) is 19.8. The topological polar surface area (TPSA) is 86.1 Å². The summed E-state index contributed by atoms with van der Waals surface area (Å²) in [6.07, 6.45) is 4.31. The molecule has 0 fully saturated rings. The lowest BCUT2D eigenvalue weighted by Gasteiger charge is -2.05. The first-order valence-electron chi connectivity index (χ1n) is 8.43. The Bertz CT molecular complexity index is 969.